The van der Waals surface area contributed by atoms with Gasteiger partial charge in [0.2, 0.25) is 0 Å². The third kappa shape index (κ3) is 3.93. The molecule has 0 heterocycles. The molecule has 0 saturated heterocycles. The summed E-state index contributed by atoms with van der Waals surface area (Å²) in [6.45, 7) is 1.94. The lowest BCUT2D eigenvalue weighted by atomic mass is 10.2. The molecule has 1 aromatic rings. The molecule has 0 N–H and O–H groups in total. The normalized spacial score (nSPS) is 14.2. The van der Waals surface area contributed by atoms with E-state index < -0.39 is 10.5 Å². The Kier molecular flexibility index (Phi) is 4.93. The quantitative estimate of drug-likeness (QED) is 0.467. The second kappa shape index (κ2) is 5.99. The molecule has 4 heteroatoms. The van der Waals surface area contributed by atoms with Crippen LogP contribution in [0.2, 0.25) is 0 Å². The lowest BCUT2D eigenvalue weighted by molar-refractivity contribution is -0.141. The number of unbranched alkanes of at least 4 members (excludes halogenated alkanes) is 1. The van der Waals surface area contributed by atoms with E-state index in [0.29, 0.717) is 12.2 Å². The fraction of sp³-hybridized carbons (Fsp3) is 0.417. The number of ether oxygens (including phenoxy) is 1. The van der Waals surface area contributed by atoms with Gasteiger partial charge in [-0.05, 0) is 34.5 Å². The van der Waals surface area contributed by atoms with Crippen LogP contribution in [0.4, 0.5) is 4.39 Å². The Morgan fingerprint density at radius 2 is 2.06 bits per heavy atom. The van der Waals surface area contributed by atoms with Crippen molar-refractivity contribution in [3.8, 4) is 5.75 Å². The first-order valence-electron chi connectivity index (χ1n) is 5.21. The van der Waals surface area contributed by atoms with Gasteiger partial charge in [0.25, 0.3) is 4.58 Å². The molecular formula is C12H14BrFO2. The van der Waals surface area contributed by atoms with Gasteiger partial charge in [-0.25, -0.2) is 9.18 Å². The van der Waals surface area contributed by atoms with Gasteiger partial charge in [0.1, 0.15) is 5.75 Å². The van der Waals surface area contributed by atoms with Gasteiger partial charge in [0.15, 0.2) is 0 Å². The van der Waals surface area contributed by atoms with Crippen molar-refractivity contribution >= 4 is 21.9 Å². The van der Waals surface area contributed by atoms with E-state index in [2.05, 4.69) is 15.9 Å². The molecule has 88 valence electrons. The van der Waals surface area contributed by atoms with Gasteiger partial charge in [-0.15, -0.1) is 0 Å². The molecule has 0 aromatic heterocycles. The standard InChI is InChI=1S/C12H14BrFO2/c1-2-3-9-12(13,14)11(15)16-10-7-5-4-6-8-10/h4-8H,2-3,9H2,1H3. The van der Waals surface area contributed by atoms with Crippen molar-refractivity contribution in [2.75, 3.05) is 0 Å². The third-order valence-corrected chi connectivity index (χ3v) is 2.82. The lowest BCUT2D eigenvalue weighted by Gasteiger charge is -2.16. The van der Waals surface area contributed by atoms with Crippen molar-refractivity contribution < 1.29 is 13.9 Å². The van der Waals surface area contributed by atoms with Crippen molar-refractivity contribution in [2.24, 2.45) is 0 Å². The van der Waals surface area contributed by atoms with Gasteiger partial charge in [0.05, 0.1) is 0 Å². The second-order valence-corrected chi connectivity index (χ2v) is 4.77. The molecule has 1 atom stereocenters. The zero-order valence-electron chi connectivity index (χ0n) is 9.08. The zero-order valence-corrected chi connectivity index (χ0v) is 10.7. The van der Waals surface area contributed by atoms with Gasteiger partial charge in [0, 0.05) is 6.42 Å². The first-order chi connectivity index (χ1) is 7.56. The highest BCUT2D eigenvalue weighted by molar-refractivity contribution is 9.10. The minimum atomic E-state index is -2.08. The zero-order chi connectivity index (χ0) is 12.0. The molecule has 0 fully saturated rings. The van der Waals surface area contributed by atoms with E-state index >= 15 is 0 Å². The summed E-state index contributed by atoms with van der Waals surface area (Å²) in [6.07, 6.45) is 1.58. The molecule has 0 radical (unpaired) electrons. The van der Waals surface area contributed by atoms with Crippen molar-refractivity contribution in [1.29, 1.82) is 0 Å². The molecule has 1 rings (SSSR count). The third-order valence-electron chi connectivity index (χ3n) is 2.10. The van der Waals surface area contributed by atoms with Gasteiger partial charge in [-0.3, -0.25) is 0 Å². The molecule has 0 aliphatic carbocycles. The smallest absolute Gasteiger partial charge is 0.360 e. The molecule has 1 unspecified atom stereocenters. The van der Waals surface area contributed by atoms with Gasteiger partial charge in [-0.2, -0.15) is 0 Å². The second-order valence-electron chi connectivity index (χ2n) is 3.51. The number of para-hydroxylation sites is 1. The Morgan fingerprint density at radius 1 is 1.44 bits per heavy atom. The molecule has 2 nitrogen and oxygen atoms in total. The fourth-order valence-electron chi connectivity index (χ4n) is 1.17. The molecular weight excluding hydrogens is 275 g/mol. The number of benzene rings is 1. The van der Waals surface area contributed by atoms with E-state index in [1.165, 1.54) is 0 Å². The minimum Gasteiger partial charge on any atom is -0.424 e. The topological polar surface area (TPSA) is 26.3 Å². The molecule has 0 spiro atoms. The monoisotopic (exact) mass is 288 g/mol. The van der Waals surface area contributed by atoms with Crippen LogP contribution < -0.4 is 4.74 Å². The number of carbonyl (C=O) groups is 1. The number of hydrogen-bond acceptors (Lipinski definition) is 2. The molecule has 0 aliphatic rings. The van der Waals surface area contributed by atoms with Crippen LogP contribution in [0, 0.1) is 0 Å². The maximum absolute atomic E-state index is 13.8. The first kappa shape index (κ1) is 13.2. The summed E-state index contributed by atoms with van der Waals surface area (Å²) in [4.78, 5) is 11.5. The molecule has 0 aliphatic heterocycles. The fourth-order valence-corrected chi connectivity index (χ4v) is 1.53. The number of alkyl halides is 2. The van der Waals surface area contributed by atoms with E-state index in [-0.39, 0.29) is 6.42 Å². The van der Waals surface area contributed by atoms with Crippen molar-refractivity contribution in [1.82, 2.24) is 0 Å². The van der Waals surface area contributed by atoms with Crippen LogP contribution in [-0.4, -0.2) is 10.5 Å². The van der Waals surface area contributed by atoms with E-state index in [0.717, 1.165) is 6.42 Å². The summed E-state index contributed by atoms with van der Waals surface area (Å²) in [7, 11) is 0. The number of halogens is 2. The summed E-state index contributed by atoms with van der Waals surface area (Å²) >= 11 is 2.76. The molecule has 1 aromatic carbocycles. The predicted molar refractivity (Wildman–Crippen MR) is 64.4 cm³/mol. The van der Waals surface area contributed by atoms with Gasteiger partial charge in [-0.1, -0.05) is 31.5 Å². The number of hydrogen-bond donors (Lipinski definition) is 0. The summed E-state index contributed by atoms with van der Waals surface area (Å²) < 4.78 is 16.6. The van der Waals surface area contributed by atoms with Crippen molar-refractivity contribution in [2.45, 2.75) is 30.8 Å². The Bertz CT molecular complexity index is 338. The number of carbonyl (C=O) groups excluding carboxylic acids is 1. The highest BCUT2D eigenvalue weighted by atomic mass is 79.9. The van der Waals surface area contributed by atoms with Crippen molar-refractivity contribution in [3.63, 3.8) is 0 Å². The molecule has 0 bridgehead atoms. The van der Waals surface area contributed by atoms with Crippen LogP contribution in [0.5, 0.6) is 5.75 Å². The lowest BCUT2D eigenvalue weighted by Crippen LogP contribution is -2.31. The van der Waals surface area contributed by atoms with E-state index in [1.807, 2.05) is 6.92 Å². The predicted octanol–water partition coefficient (Wildman–Crippen LogP) is 3.84. The summed E-state index contributed by atoms with van der Waals surface area (Å²) in [6, 6.07) is 8.47. The Morgan fingerprint density at radius 3 is 2.62 bits per heavy atom. The highest BCUT2D eigenvalue weighted by Gasteiger charge is 2.36. The Hall–Kier alpha value is -0.900. The first-order valence-corrected chi connectivity index (χ1v) is 6.00. The Labute approximate surface area is 103 Å². The van der Waals surface area contributed by atoms with E-state index in [1.54, 1.807) is 30.3 Å². The number of rotatable bonds is 5. The maximum Gasteiger partial charge on any atom is 0.360 e. The molecule has 0 amide bonds. The van der Waals surface area contributed by atoms with E-state index in [4.69, 9.17) is 4.74 Å². The maximum atomic E-state index is 13.8. The Balaban J connectivity index is 2.58. The van der Waals surface area contributed by atoms with Crippen LogP contribution in [0.15, 0.2) is 30.3 Å². The average molecular weight is 289 g/mol. The minimum absolute atomic E-state index is 0.120. The molecule has 0 saturated carbocycles. The van der Waals surface area contributed by atoms with Crippen LogP contribution >= 0.6 is 15.9 Å². The average Bonchev–Trinajstić information content (AvgIpc) is 2.28. The largest absolute Gasteiger partial charge is 0.424 e. The molecule has 16 heavy (non-hydrogen) atoms. The van der Waals surface area contributed by atoms with Crippen LogP contribution in [-0.2, 0) is 4.79 Å². The van der Waals surface area contributed by atoms with Crippen LogP contribution in [0.25, 0.3) is 0 Å². The van der Waals surface area contributed by atoms with Crippen LogP contribution in [0.3, 0.4) is 0 Å². The SMILES string of the molecule is CCCCC(F)(Br)C(=O)Oc1ccccc1. The van der Waals surface area contributed by atoms with Crippen LogP contribution in [0.1, 0.15) is 26.2 Å². The van der Waals surface area contributed by atoms with Gasteiger partial charge >= 0.3 is 5.97 Å². The summed E-state index contributed by atoms with van der Waals surface area (Å²) in [5.41, 5.74) is 0. The van der Waals surface area contributed by atoms with Crippen molar-refractivity contribution in [3.05, 3.63) is 30.3 Å². The summed E-state index contributed by atoms with van der Waals surface area (Å²) in [5, 5.41) is 0. The highest BCUT2D eigenvalue weighted by Crippen LogP contribution is 2.29. The van der Waals surface area contributed by atoms with E-state index in [9.17, 15) is 9.18 Å². The summed E-state index contributed by atoms with van der Waals surface area (Å²) in [5.74, 6) is -0.544. The number of esters is 1. The van der Waals surface area contributed by atoms with Gasteiger partial charge < -0.3 is 4.74 Å².